The minimum Gasteiger partial charge on any atom is -0.393 e. The van der Waals surface area contributed by atoms with E-state index in [0.717, 1.165) is 25.7 Å². The summed E-state index contributed by atoms with van der Waals surface area (Å²) in [6.45, 7) is 5.81. The van der Waals surface area contributed by atoms with Crippen molar-refractivity contribution in [3.8, 4) is 0 Å². The molecule has 0 atom stereocenters. The van der Waals surface area contributed by atoms with Crippen molar-refractivity contribution in [2.24, 2.45) is 11.8 Å². The number of alkyl halides is 2. The van der Waals surface area contributed by atoms with Gasteiger partial charge in [0.05, 0.1) is 23.9 Å². The number of nitrogens with zero attached hydrogens (tertiary/aromatic N) is 6. The third-order valence-electron chi connectivity index (χ3n) is 7.90. The second-order valence-corrected chi connectivity index (χ2v) is 10.6. The number of aromatic nitrogens is 5. The monoisotopic (exact) mass is 500 g/mol. The van der Waals surface area contributed by atoms with Gasteiger partial charge in [-0.15, -0.1) is 0 Å². The topological polar surface area (TPSA) is 88.5 Å². The standard InChI is InChI=1S/C26H34F2N6O2/c1-16(2)17-3-5-19(6-4-17)34-15-18(24(31-34)25(27)28)13-22(36)21-14-29-33-12-9-23(30-26(21)33)32-10-7-20(35)8-11-32/h9,12,14-17,19-20,25,35H,3-8,10-11,13H2,1-2H3. The molecule has 0 radical (unpaired) electrons. The van der Waals surface area contributed by atoms with Crippen molar-refractivity contribution in [3.05, 3.63) is 41.5 Å². The van der Waals surface area contributed by atoms with E-state index in [9.17, 15) is 18.7 Å². The van der Waals surface area contributed by atoms with E-state index in [1.807, 2.05) is 6.07 Å². The fourth-order valence-corrected chi connectivity index (χ4v) is 5.58. The predicted molar refractivity (Wildman–Crippen MR) is 131 cm³/mol. The summed E-state index contributed by atoms with van der Waals surface area (Å²) in [5, 5.41) is 18.3. The van der Waals surface area contributed by atoms with Gasteiger partial charge >= 0.3 is 0 Å². The summed E-state index contributed by atoms with van der Waals surface area (Å²) in [5.41, 5.74) is 0.661. The van der Waals surface area contributed by atoms with E-state index in [2.05, 4.69) is 33.9 Å². The Labute approximate surface area is 209 Å². The van der Waals surface area contributed by atoms with Gasteiger partial charge in [-0.2, -0.15) is 10.2 Å². The Morgan fingerprint density at radius 1 is 1.14 bits per heavy atom. The van der Waals surface area contributed by atoms with Crippen LogP contribution < -0.4 is 4.90 Å². The lowest BCUT2D eigenvalue weighted by molar-refractivity contribution is 0.0992. The molecule has 1 saturated heterocycles. The van der Waals surface area contributed by atoms with E-state index in [1.165, 1.54) is 10.7 Å². The molecule has 3 aromatic heterocycles. The number of halogens is 2. The van der Waals surface area contributed by atoms with Crippen molar-refractivity contribution in [2.75, 3.05) is 18.0 Å². The van der Waals surface area contributed by atoms with Crippen LogP contribution in [0.4, 0.5) is 14.6 Å². The molecule has 1 N–H and O–H groups in total. The number of rotatable bonds is 7. The maximum absolute atomic E-state index is 13.9. The Morgan fingerprint density at radius 3 is 2.53 bits per heavy atom. The van der Waals surface area contributed by atoms with Crippen LogP contribution in [0.15, 0.2) is 24.7 Å². The second kappa shape index (κ2) is 10.2. The van der Waals surface area contributed by atoms with Crippen molar-refractivity contribution >= 4 is 17.2 Å². The van der Waals surface area contributed by atoms with Gasteiger partial charge in [0.1, 0.15) is 11.5 Å². The van der Waals surface area contributed by atoms with Crippen molar-refractivity contribution in [3.63, 3.8) is 0 Å². The van der Waals surface area contributed by atoms with E-state index in [-0.39, 0.29) is 35.6 Å². The molecule has 2 aliphatic rings. The molecule has 1 aliphatic heterocycles. The van der Waals surface area contributed by atoms with Gasteiger partial charge in [-0.05, 0) is 56.4 Å². The lowest BCUT2D eigenvalue weighted by Gasteiger charge is -2.31. The largest absolute Gasteiger partial charge is 0.393 e. The molecule has 194 valence electrons. The molecule has 8 nitrogen and oxygen atoms in total. The first-order valence-corrected chi connectivity index (χ1v) is 13.0. The second-order valence-electron chi connectivity index (χ2n) is 10.6. The maximum atomic E-state index is 13.9. The molecule has 36 heavy (non-hydrogen) atoms. The van der Waals surface area contributed by atoms with E-state index in [1.54, 1.807) is 17.1 Å². The molecule has 3 aromatic rings. The van der Waals surface area contributed by atoms with Crippen LogP contribution in [0.2, 0.25) is 0 Å². The fourth-order valence-electron chi connectivity index (χ4n) is 5.58. The van der Waals surface area contributed by atoms with E-state index in [0.29, 0.717) is 54.8 Å². The maximum Gasteiger partial charge on any atom is 0.282 e. The normalized spacial score (nSPS) is 21.7. The summed E-state index contributed by atoms with van der Waals surface area (Å²) in [6, 6.07) is 1.92. The summed E-state index contributed by atoms with van der Waals surface area (Å²) in [7, 11) is 0. The molecule has 0 aromatic carbocycles. The lowest BCUT2D eigenvalue weighted by atomic mass is 9.80. The average Bonchev–Trinajstić information content (AvgIpc) is 3.49. The Bertz CT molecular complexity index is 1210. The molecule has 1 aliphatic carbocycles. The first kappa shape index (κ1) is 24.8. The summed E-state index contributed by atoms with van der Waals surface area (Å²) in [4.78, 5) is 20.0. The van der Waals surface area contributed by atoms with Crippen molar-refractivity contribution in [1.82, 2.24) is 24.4 Å². The van der Waals surface area contributed by atoms with Crippen molar-refractivity contribution < 1.29 is 18.7 Å². The van der Waals surface area contributed by atoms with Crippen molar-refractivity contribution in [1.29, 1.82) is 0 Å². The SMILES string of the molecule is CC(C)C1CCC(n2cc(CC(=O)c3cnn4ccc(N5CCC(O)CC5)nc34)c(C(F)F)n2)CC1. The third-order valence-corrected chi connectivity index (χ3v) is 7.90. The average molecular weight is 501 g/mol. The molecule has 2 fully saturated rings. The molecule has 0 bridgehead atoms. The zero-order valence-corrected chi connectivity index (χ0v) is 20.9. The zero-order chi connectivity index (χ0) is 25.4. The fraction of sp³-hybridized carbons (Fsp3) is 0.615. The van der Waals surface area contributed by atoms with Gasteiger partial charge in [-0.1, -0.05) is 13.8 Å². The minimum atomic E-state index is -2.75. The number of carbonyl (C=O) groups is 1. The molecule has 0 amide bonds. The van der Waals surface area contributed by atoms with E-state index < -0.39 is 6.43 Å². The molecule has 10 heteroatoms. The molecular formula is C26H34F2N6O2. The molecule has 0 unspecified atom stereocenters. The number of hydrogen-bond donors (Lipinski definition) is 1. The summed E-state index contributed by atoms with van der Waals surface area (Å²) in [6.07, 6.45) is 6.89. The highest BCUT2D eigenvalue weighted by atomic mass is 19.3. The van der Waals surface area contributed by atoms with E-state index in [4.69, 9.17) is 0 Å². The summed E-state index contributed by atoms with van der Waals surface area (Å²) >= 11 is 0. The van der Waals surface area contributed by atoms with Gasteiger partial charge in [0.15, 0.2) is 11.4 Å². The van der Waals surface area contributed by atoms with Gasteiger partial charge in [0.2, 0.25) is 0 Å². The third kappa shape index (κ3) is 5.00. The number of aliphatic hydroxyl groups is 1. The number of fused-ring (bicyclic) bond motifs is 1. The van der Waals surface area contributed by atoms with Crippen molar-refractivity contribution in [2.45, 2.75) is 77.4 Å². The van der Waals surface area contributed by atoms with Crippen LogP contribution in [0.1, 0.15) is 86.5 Å². The molecule has 5 rings (SSSR count). The van der Waals surface area contributed by atoms with Gasteiger partial charge in [-0.3, -0.25) is 9.48 Å². The summed E-state index contributed by atoms with van der Waals surface area (Å²) < 4.78 is 30.9. The number of aliphatic hydroxyl groups excluding tert-OH is 1. The van der Waals surface area contributed by atoms with Crippen LogP contribution in [-0.2, 0) is 6.42 Å². The quantitative estimate of drug-likeness (QED) is 0.476. The lowest BCUT2D eigenvalue weighted by Crippen LogP contribution is -2.36. The highest BCUT2D eigenvalue weighted by Gasteiger charge is 2.28. The number of Topliss-reactive ketones (excluding diaryl/α,β-unsaturated/α-hetero) is 1. The Balaban J connectivity index is 1.35. The van der Waals surface area contributed by atoms with E-state index >= 15 is 0 Å². The van der Waals surface area contributed by atoms with Gasteiger partial charge in [-0.25, -0.2) is 18.3 Å². The molecule has 0 spiro atoms. The number of piperidine rings is 1. The van der Waals surface area contributed by atoms with Crippen LogP contribution >= 0.6 is 0 Å². The van der Waals surface area contributed by atoms with Crippen LogP contribution in [0.5, 0.6) is 0 Å². The highest BCUT2D eigenvalue weighted by molar-refractivity contribution is 6.02. The number of anilines is 1. The Morgan fingerprint density at radius 2 is 1.86 bits per heavy atom. The number of carbonyl (C=O) groups excluding carboxylic acids is 1. The van der Waals surface area contributed by atoms with Crippen LogP contribution in [0.25, 0.3) is 5.65 Å². The molecule has 4 heterocycles. The predicted octanol–water partition coefficient (Wildman–Crippen LogP) is 4.64. The smallest absolute Gasteiger partial charge is 0.282 e. The number of hydrogen-bond acceptors (Lipinski definition) is 6. The van der Waals surface area contributed by atoms with Gasteiger partial charge in [0, 0.05) is 37.5 Å². The van der Waals surface area contributed by atoms with Crippen LogP contribution in [-0.4, -0.2) is 54.5 Å². The zero-order valence-electron chi connectivity index (χ0n) is 20.9. The minimum absolute atomic E-state index is 0.0885. The highest BCUT2D eigenvalue weighted by Crippen LogP contribution is 2.36. The van der Waals surface area contributed by atoms with Crippen LogP contribution in [0, 0.1) is 11.8 Å². The molecular weight excluding hydrogens is 466 g/mol. The van der Waals surface area contributed by atoms with Gasteiger partial charge in [0.25, 0.3) is 6.43 Å². The Hall–Kier alpha value is -2.88. The first-order chi connectivity index (χ1) is 17.3. The number of ketones is 1. The Kier molecular flexibility index (Phi) is 7.05. The molecule has 1 saturated carbocycles. The van der Waals surface area contributed by atoms with Gasteiger partial charge < -0.3 is 10.0 Å². The first-order valence-electron chi connectivity index (χ1n) is 13.0. The van der Waals surface area contributed by atoms with Crippen LogP contribution in [0.3, 0.4) is 0 Å². The summed E-state index contributed by atoms with van der Waals surface area (Å²) in [5.74, 6) is 1.68.